The van der Waals surface area contributed by atoms with Crippen molar-refractivity contribution in [3.05, 3.63) is 24.4 Å². The molecule has 0 radical (unpaired) electrons. The standard InChI is InChI=1S/C12H9F4N3O2/c1-19-10(17)7(5-18-19)6-2-3-8-9(4-6)21-12(15,16)11(13,14)20-8/h2-5H,17H2,1H3. The predicted molar refractivity (Wildman–Crippen MR) is 64.2 cm³/mol. The summed E-state index contributed by atoms with van der Waals surface area (Å²) >= 11 is 0. The first-order valence-electron chi connectivity index (χ1n) is 5.77. The minimum Gasteiger partial charge on any atom is -0.421 e. The van der Waals surface area contributed by atoms with Crippen LogP contribution in [-0.2, 0) is 7.05 Å². The topological polar surface area (TPSA) is 62.3 Å². The van der Waals surface area contributed by atoms with Crippen molar-refractivity contribution in [2.24, 2.45) is 7.05 Å². The summed E-state index contributed by atoms with van der Waals surface area (Å²) in [4.78, 5) is 0. The van der Waals surface area contributed by atoms with Crippen molar-refractivity contribution in [1.82, 2.24) is 9.78 Å². The van der Waals surface area contributed by atoms with E-state index in [-0.39, 0.29) is 0 Å². The second kappa shape index (κ2) is 4.03. The average molecular weight is 303 g/mol. The lowest BCUT2D eigenvalue weighted by Gasteiger charge is -2.31. The molecule has 0 fully saturated rings. The van der Waals surface area contributed by atoms with Crippen LogP contribution < -0.4 is 15.2 Å². The quantitative estimate of drug-likeness (QED) is 0.823. The molecule has 0 aliphatic carbocycles. The Morgan fingerprint density at radius 1 is 1.10 bits per heavy atom. The molecule has 0 unspecified atom stereocenters. The van der Waals surface area contributed by atoms with Gasteiger partial charge in [0.2, 0.25) is 0 Å². The Balaban J connectivity index is 2.06. The second-order valence-electron chi connectivity index (χ2n) is 4.47. The van der Waals surface area contributed by atoms with Crippen molar-refractivity contribution in [3.63, 3.8) is 0 Å². The summed E-state index contributed by atoms with van der Waals surface area (Å²) in [5.41, 5.74) is 6.62. The maximum absolute atomic E-state index is 13.1. The Bertz CT molecular complexity index is 715. The molecule has 2 aromatic rings. The van der Waals surface area contributed by atoms with E-state index >= 15 is 0 Å². The van der Waals surface area contributed by atoms with Gasteiger partial charge in [-0.25, -0.2) is 0 Å². The molecule has 0 amide bonds. The number of anilines is 1. The Morgan fingerprint density at radius 2 is 1.71 bits per heavy atom. The van der Waals surface area contributed by atoms with Crippen LogP contribution in [0.5, 0.6) is 11.5 Å². The van der Waals surface area contributed by atoms with Crippen LogP contribution in [0, 0.1) is 0 Å². The molecule has 9 heteroatoms. The molecule has 21 heavy (non-hydrogen) atoms. The lowest BCUT2D eigenvalue weighted by molar-refractivity contribution is -0.391. The molecule has 112 valence electrons. The zero-order chi connectivity index (χ0) is 15.4. The Kier molecular flexibility index (Phi) is 2.59. The number of nitrogen functional groups attached to an aromatic ring is 1. The largest absolute Gasteiger partial charge is 0.507 e. The molecule has 1 aliphatic rings. The summed E-state index contributed by atoms with van der Waals surface area (Å²) in [6.45, 7) is 0. The summed E-state index contributed by atoms with van der Waals surface area (Å²) in [6.07, 6.45) is -8.05. The maximum Gasteiger partial charge on any atom is 0.507 e. The van der Waals surface area contributed by atoms with Gasteiger partial charge in [-0.05, 0) is 17.7 Å². The van der Waals surface area contributed by atoms with Crippen molar-refractivity contribution >= 4 is 5.82 Å². The highest BCUT2D eigenvalue weighted by atomic mass is 19.3. The van der Waals surface area contributed by atoms with Gasteiger partial charge in [-0.15, -0.1) is 0 Å². The number of aryl methyl sites for hydroxylation is 1. The van der Waals surface area contributed by atoms with Crippen LogP contribution in [-0.4, -0.2) is 22.0 Å². The normalized spacial score (nSPS) is 18.5. The van der Waals surface area contributed by atoms with Crippen LogP contribution >= 0.6 is 0 Å². The fourth-order valence-electron chi connectivity index (χ4n) is 1.90. The third-order valence-corrected chi connectivity index (χ3v) is 3.05. The predicted octanol–water partition coefficient (Wildman–Crippen LogP) is 2.63. The molecule has 5 nitrogen and oxygen atoms in total. The van der Waals surface area contributed by atoms with Gasteiger partial charge in [0.05, 0.1) is 6.20 Å². The number of rotatable bonds is 1. The highest BCUT2D eigenvalue weighted by Gasteiger charge is 2.65. The van der Waals surface area contributed by atoms with E-state index in [0.717, 1.165) is 12.1 Å². The van der Waals surface area contributed by atoms with Crippen molar-refractivity contribution in [3.8, 4) is 22.6 Å². The number of halogens is 4. The van der Waals surface area contributed by atoms with Crippen molar-refractivity contribution in [1.29, 1.82) is 0 Å². The number of aromatic nitrogens is 2. The number of hydrogen-bond acceptors (Lipinski definition) is 4. The molecular formula is C12H9F4N3O2. The molecule has 0 bridgehead atoms. The fraction of sp³-hybridized carbons (Fsp3) is 0.250. The van der Waals surface area contributed by atoms with Gasteiger partial charge in [0.15, 0.2) is 11.5 Å². The first-order chi connectivity index (χ1) is 9.71. The minimum atomic E-state index is -4.75. The van der Waals surface area contributed by atoms with Crippen LogP contribution in [0.2, 0.25) is 0 Å². The van der Waals surface area contributed by atoms with E-state index in [9.17, 15) is 17.6 Å². The molecular weight excluding hydrogens is 294 g/mol. The van der Waals surface area contributed by atoms with Gasteiger partial charge < -0.3 is 15.2 Å². The molecule has 0 atom stereocenters. The van der Waals surface area contributed by atoms with Crippen molar-refractivity contribution in [2.75, 3.05) is 5.73 Å². The van der Waals surface area contributed by atoms with E-state index in [1.54, 1.807) is 7.05 Å². The van der Waals surface area contributed by atoms with Crippen molar-refractivity contribution < 1.29 is 27.0 Å². The highest BCUT2D eigenvalue weighted by molar-refractivity contribution is 5.75. The Hall–Kier alpha value is -2.45. The zero-order valence-corrected chi connectivity index (χ0v) is 10.6. The Labute approximate surface area is 115 Å². The van der Waals surface area contributed by atoms with Gasteiger partial charge in [-0.1, -0.05) is 6.07 Å². The Morgan fingerprint density at radius 3 is 2.29 bits per heavy atom. The van der Waals surface area contributed by atoms with Crippen LogP contribution in [0.15, 0.2) is 24.4 Å². The lowest BCUT2D eigenvalue weighted by Crippen LogP contribution is -2.52. The van der Waals surface area contributed by atoms with E-state index in [1.165, 1.54) is 16.9 Å². The SMILES string of the molecule is Cn1ncc(-c2ccc3c(c2)OC(F)(F)C(F)(F)O3)c1N. The number of nitrogens with two attached hydrogens (primary N) is 1. The van der Waals surface area contributed by atoms with Gasteiger partial charge in [0, 0.05) is 12.6 Å². The summed E-state index contributed by atoms with van der Waals surface area (Å²) in [5.74, 6) is -0.674. The third-order valence-electron chi connectivity index (χ3n) is 3.05. The van der Waals surface area contributed by atoms with Crippen LogP contribution in [0.1, 0.15) is 0 Å². The summed E-state index contributed by atoms with van der Waals surface area (Å²) in [5, 5.41) is 3.91. The number of fused-ring (bicyclic) bond motifs is 1. The first kappa shape index (κ1) is 13.5. The van der Waals surface area contributed by atoms with Crippen LogP contribution in [0.3, 0.4) is 0 Å². The molecule has 0 spiro atoms. The van der Waals surface area contributed by atoms with E-state index in [2.05, 4.69) is 14.6 Å². The number of hydrogen-bond donors (Lipinski definition) is 1. The van der Waals surface area contributed by atoms with Gasteiger partial charge >= 0.3 is 12.2 Å². The smallest absolute Gasteiger partial charge is 0.421 e. The third kappa shape index (κ3) is 1.96. The molecule has 0 saturated heterocycles. The summed E-state index contributed by atoms with van der Waals surface area (Å²) in [6, 6.07) is 3.65. The molecule has 1 aromatic carbocycles. The number of benzene rings is 1. The van der Waals surface area contributed by atoms with E-state index < -0.39 is 23.7 Å². The van der Waals surface area contributed by atoms with Crippen LogP contribution in [0.25, 0.3) is 11.1 Å². The first-order valence-corrected chi connectivity index (χ1v) is 5.77. The molecule has 1 aliphatic heterocycles. The summed E-state index contributed by atoms with van der Waals surface area (Å²) < 4.78 is 61.8. The number of nitrogens with zero attached hydrogens (tertiary/aromatic N) is 2. The second-order valence-corrected chi connectivity index (χ2v) is 4.47. The lowest BCUT2D eigenvalue weighted by atomic mass is 10.1. The molecule has 3 rings (SSSR count). The van der Waals surface area contributed by atoms with Gasteiger partial charge in [0.1, 0.15) is 5.82 Å². The maximum atomic E-state index is 13.1. The van der Waals surface area contributed by atoms with Gasteiger partial charge in [0.25, 0.3) is 0 Å². The van der Waals surface area contributed by atoms with E-state index in [4.69, 9.17) is 5.73 Å². The van der Waals surface area contributed by atoms with Crippen LogP contribution in [0.4, 0.5) is 23.4 Å². The zero-order valence-electron chi connectivity index (χ0n) is 10.6. The number of alkyl halides is 4. The van der Waals surface area contributed by atoms with Gasteiger partial charge in [-0.3, -0.25) is 4.68 Å². The molecule has 1 aromatic heterocycles. The fourth-order valence-corrected chi connectivity index (χ4v) is 1.90. The number of ether oxygens (including phenoxy) is 2. The highest BCUT2D eigenvalue weighted by Crippen LogP contribution is 2.48. The van der Waals surface area contributed by atoms with E-state index in [0.29, 0.717) is 16.9 Å². The average Bonchev–Trinajstić information content (AvgIpc) is 2.70. The van der Waals surface area contributed by atoms with E-state index in [1.807, 2.05) is 0 Å². The van der Waals surface area contributed by atoms with Gasteiger partial charge in [-0.2, -0.15) is 22.7 Å². The molecule has 2 N–H and O–H groups in total. The summed E-state index contributed by atoms with van der Waals surface area (Å²) in [7, 11) is 1.60. The monoisotopic (exact) mass is 303 g/mol. The van der Waals surface area contributed by atoms with Crippen molar-refractivity contribution in [2.45, 2.75) is 12.2 Å². The molecule has 0 saturated carbocycles. The minimum absolute atomic E-state index is 0.295. The molecule has 2 heterocycles.